The third-order valence-corrected chi connectivity index (χ3v) is 2.48. The summed E-state index contributed by atoms with van der Waals surface area (Å²) in [6.45, 7) is -0.188. The van der Waals surface area contributed by atoms with E-state index in [2.05, 4.69) is 11.4 Å². The average molecular weight is 271 g/mol. The van der Waals surface area contributed by atoms with Gasteiger partial charge in [-0.3, -0.25) is 0 Å². The lowest BCUT2D eigenvalue weighted by Gasteiger charge is -2.01. The van der Waals surface area contributed by atoms with Crippen molar-refractivity contribution in [2.24, 2.45) is 5.16 Å². The lowest BCUT2D eigenvalue weighted by molar-refractivity contribution is 0.129. The van der Waals surface area contributed by atoms with Gasteiger partial charge in [-0.25, -0.2) is 8.78 Å². The molecule has 2 rings (SSSR count). The van der Waals surface area contributed by atoms with E-state index in [1.165, 1.54) is 0 Å². The van der Waals surface area contributed by atoms with Gasteiger partial charge in [0.05, 0.1) is 11.6 Å². The second-order valence-corrected chi connectivity index (χ2v) is 3.90. The molecule has 5 heteroatoms. The van der Waals surface area contributed by atoms with Gasteiger partial charge in [0.1, 0.15) is 24.5 Å². The maximum atomic E-state index is 13.3. The van der Waals surface area contributed by atoms with Crippen LogP contribution in [0.2, 0.25) is 0 Å². The zero-order valence-electron chi connectivity index (χ0n) is 10.3. The van der Waals surface area contributed by atoms with Crippen LogP contribution in [0, 0.1) is 23.0 Å². The van der Waals surface area contributed by atoms with E-state index in [1.54, 1.807) is 24.3 Å². The molecule has 0 fully saturated rings. The van der Waals surface area contributed by atoms with E-state index in [0.29, 0.717) is 11.1 Å². The molecule has 0 aliphatic heterocycles. The maximum Gasteiger partial charge on any atom is 0.145 e. The van der Waals surface area contributed by atoms with Crippen LogP contribution in [-0.4, -0.2) is 6.21 Å². The highest BCUT2D eigenvalue weighted by molar-refractivity contribution is 5.79. The van der Waals surface area contributed by atoms with Crippen LogP contribution in [0.15, 0.2) is 47.6 Å². The van der Waals surface area contributed by atoms with Gasteiger partial charge in [-0.15, -0.1) is 0 Å². The Bertz CT molecular complexity index is 661. The third-order valence-electron chi connectivity index (χ3n) is 2.48. The zero-order chi connectivity index (χ0) is 14.4. The van der Waals surface area contributed by atoms with Crippen molar-refractivity contribution in [2.45, 2.75) is 6.61 Å². The van der Waals surface area contributed by atoms with Crippen LogP contribution in [0.5, 0.6) is 0 Å². The van der Waals surface area contributed by atoms with Crippen molar-refractivity contribution >= 4 is 6.21 Å². The molecule has 20 heavy (non-hydrogen) atoms. The average Bonchev–Trinajstić information content (AvgIpc) is 2.47. The Morgan fingerprint density at radius 1 is 1.05 bits per heavy atom. The van der Waals surface area contributed by atoms with Crippen LogP contribution in [-0.2, 0) is 11.4 Å². The van der Waals surface area contributed by atoms with Crippen LogP contribution in [0.1, 0.15) is 16.7 Å². The fourth-order valence-corrected chi connectivity index (χ4v) is 1.46. The number of hydrogen-bond donors (Lipinski definition) is 0. The van der Waals surface area contributed by atoms with Crippen molar-refractivity contribution in [3.05, 3.63) is 70.8 Å². The molecule has 0 aliphatic rings. The maximum absolute atomic E-state index is 13.3. The molecule has 0 N–H and O–H groups in total. The van der Waals surface area contributed by atoms with E-state index in [9.17, 15) is 8.78 Å². The predicted molar refractivity (Wildman–Crippen MR) is 68.8 cm³/mol. The fraction of sp³-hybridized carbons (Fsp3) is 0.0667. The second kappa shape index (κ2) is 6.43. The molecule has 2 aromatic carbocycles. The predicted octanol–water partition coefficient (Wildman–Crippen LogP) is 3.26. The number of nitrogens with zero attached hydrogens (tertiary/aromatic N) is 2. The molecule has 0 atom stereocenters. The van der Waals surface area contributed by atoms with Gasteiger partial charge in [-0.05, 0) is 30.3 Å². The fourth-order valence-electron chi connectivity index (χ4n) is 1.46. The lowest BCUT2D eigenvalue weighted by atomic mass is 10.2. The summed E-state index contributed by atoms with van der Waals surface area (Å²) in [6, 6.07) is 11.6. The lowest BCUT2D eigenvalue weighted by Crippen LogP contribution is -1.94. The third kappa shape index (κ3) is 3.62. The SMILES string of the molecule is N#Cc1ccc(/[C]=N\OCc2cc(F)ccc2F)cc1. The van der Waals surface area contributed by atoms with E-state index >= 15 is 0 Å². The van der Waals surface area contributed by atoms with Crippen LogP contribution in [0.25, 0.3) is 0 Å². The van der Waals surface area contributed by atoms with Gasteiger partial charge in [0.25, 0.3) is 0 Å². The smallest absolute Gasteiger partial charge is 0.145 e. The van der Waals surface area contributed by atoms with Gasteiger partial charge in [0, 0.05) is 11.1 Å². The standard InChI is InChI=1S/C15H9F2N2O/c16-14-5-6-15(17)13(7-14)10-20-19-9-12-3-1-11(8-18)2-4-12/h1-7H,10H2. The number of rotatable bonds is 4. The number of benzene rings is 2. The first-order valence-corrected chi connectivity index (χ1v) is 5.71. The topological polar surface area (TPSA) is 45.4 Å². The molecule has 0 spiro atoms. The Morgan fingerprint density at radius 2 is 1.75 bits per heavy atom. The van der Waals surface area contributed by atoms with Gasteiger partial charge in [0.2, 0.25) is 0 Å². The first kappa shape index (κ1) is 13.7. The summed E-state index contributed by atoms with van der Waals surface area (Å²) in [5, 5.41) is 12.2. The summed E-state index contributed by atoms with van der Waals surface area (Å²) in [4.78, 5) is 4.86. The summed E-state index contributed by atoms with van der Waals surface area (Å²) >= 11 is 0. The summed E-state index contributed by atoms with van der Waals surface area (Å²) in [5.41, 5.74) is 1.22. The van der Waals surface area contributed by atoms with Crippen LogP contribution < -0.4 is 0 Å². The van der Waals surface area contributed by atoms with Crippen molar-refractivity contribution in [3.63, 3.8) is 0 Å². The Labute approximate surface area is 114 Å². The minimum absolute atomic E-state index is 0.0791. The van der Waals surface area contributed by atoms with Gasteiger partial charge >= 0.3 is 0 Å². The zero-order valence-corrected chi connectivity index (χ0v) is 10.3. The van der Waals surface area contributed by atoms with Crippen molar-refractivity contribution in [2.75, 3.05) is 0 Å². The number of hydrogen-bond acceptors (Lipinski definition) is 3. The molecule has 3 nitrogen and oxygen atoms in total. The Morgan fingerprint density at radius 3 is 2.45 bits per heavy atom. The Hall–Kier alpha value is -2.74. The molecule has 0 saturated carbocycles. The summed E-state index contributed by atoms with van der Waals surface area (Å²) in [6.07, 6.45) is 2.58. The van der Waals surface area contributed by atoms with Crippen molar-refractivity contribution in [1.82, 2.24) is 0 Å². The van der Waals surface area contributed by atoms with Crippen LogP contribution in [0.3, 0.4) is 0 Å². The number of halogens is 2. The largest absolute Gasteiger partial charge is 0.390 e. The van der Waals surface area contributed by atoms with E-state index in [4.69, 9.17) is 10.1 Å². The first-order chi connectivity index (χ1) is 9.69. The minimum Gasteiger partial charge on any atom is -0.390 e. The van der Waals surface area contributed by atoms with Gasteiger partial charge < -0.3 is 4.84 Å². The molecule has 0 heterocycles. The highest BCUT2D eigenvalue weighted by Gasteiger charge is 2.03. The normalized spacial score (nSPS) is 10.4. The molecule has 0 bridgehead atoms. The second-order valence-electron chi connectivity index (χ2n) is 3.90. The molecular formula is C15H9F2N2O. The van der Waals surface area contributed by atoms with Crippen molar-refractivity contribution < 1.29 is 13.6 Å². The first-order valence-electron chi connectivity index (χ1n) is 5.71. The highest BCUT2D eigenvalue weighted by Crippen LogP contribution is 2.11. The molecule has 0 amide bonds. The Balaban J connectivity index is 1.93. The molecule has 1 radical (unpaired) electrons. The van der Waals surface area contributed by atoms with Gasteiger partial charge in [-0.1, -0.05) is 17.3 Å². The Kier molecular flexibility index (Phi) is 4.40. The quantitative estimate of drug-likeness (QED) is 0.633. The molecule has 0 saturated heterocycles. The summed E-state index contributed by atoms with van der Waals surface area (Å²) < 4.78 is 26.2. The molecule has 0 aromatic heterocycles. The molecular weight excluding hydrogens is 262 g/mol. The summed E-state index contributed by atoms with van der Waals surface area (Å²) in [5.74, 6) is -1.09. The van der Waals surface area contributed by atoms with Crippen LogP contribution in [0.4, 0.5) is 8.78 Å². The minimum atomic E-state index is -0.556. The van der Waals surface area contributed by atoms with Gasteiger partial charge in [0.15, 0.2) is 0 Å². The number of nitriles is 1. The molecule has 0 aliphatic carbocycles. The molecule has 0 unspecified atom stereocenters. The molecule has 2 aromatic rings. The van der Waals surface area contributed by atoms with Gasteiger partial charge in [-0.2, -0.15) is 5.26 Å². The van der Waals surface area contributed by atoms with Crippen molar-refractivity contribution in [3.8, 4) is 6.07 Å². The van der Waals surface area contributed by atoms with E-state index in [1.807, 2.05) is 6.07 Å². The van der Waals surface area contributed by atoms with E-state index in [-0.39, 0.29) is 12.2 Å². The van der Waals surface area contributed by atoms with E-state index < -0.39 is 11.6 Å². The summed E-state index contributed by atoms with van der Waals surface area (Å²) in [7, 11) is 0. The monoisotopic (exact) mass is 271 g/mol. The van der Waals surface area contributed by atoms with Crippen molar-refractivity contribution in [1.29, 1.82) is 5.26 Å². The van der Waals surface area contributed by atoms with Crippen LogP contribution >= 0.6 is 0 Å². The molecule has 99 valence electrons. The highest BCUT2D eigenvalue weighted by atomic mass is 19.1. The van der Waals surface area contributed by atoms with E-state index in [0.717, 1.165) is 18.2 Å².